The van der Waals surface area contributed by atoms with Crippen molar-refractivity contribution in [3.63, 3.8) is 0 Å². The van der Waals surface area contributed by atoms with Gasteiger partial charge in [0.15, 0.2) is 0 Å². The summed E-state index contributed by atoms with van der Waals surface area (Å²) < 4.78 is 0. The molecule has 0 amide bonds. The lowest BCUT2D eigenvalue weighted by molar-refractivity contribution is 0.403. The highest BCUT2D eigenvalue weighted by Gasteiger charge is 2.23. The minimum absolute atomic E-state index is 0.104. The molecule has 0 heterocycles. The lowest BCUT2D eigenvalue weighted by atomic mass is 9.87. The Morgan fingerprint density at radius 3 is 2.67 bits per heavy atom. The van der Waals surface area contributed by atoms with Crippen molar-refractivity contribution < 1.29 is 0 Å². The molecule has 2 aromatic rings. The number of rotatable bonds is 4. The van der Waals surface area contributed by atoms with Gasteiger partial charge in [0.2, 0.25) is 0 Å². The van der Waals surface area contributed by atoms with Crippen LogP contribution in [0.15, 0.2) is 54.6 Å². The van der Waals surface area contributed by atoms with Crippen LogP contribution >= 0.6 is 0 Å². The Morgan fingerprint density at radius 2 is 1.86 bits per heavy atom. The number of fused-ring (bicyclic) bond motifs is 1. The van der Waals surface area contributed by atoms with Gasteiger partial charge < -0.3 is 5.32 Å². The average molecular weight is 276 g/mol. The van der Waals surface area contributed by atoms with Crippen molar-refractivity contribution in [3.05, 3.63) is 71.3 Å². The van der Waals surface area contributed by atoms with Gasteiger partial charge in [-0.1, -0.05) is 54.6 Å². The van der Waals surface area contributed by atoms with Gasteiger partial charge in [0.05, 0.1) is 12.5 Å². The maximum absolute atomic E-state index is 9.13. The largest absolute Gasteiger partial charge is 0.302 e. The maximum Gasteiger partial charge on any atom is 0.0641 e. The van der Waals surface area contributed by atoms with E-state index in [4.69, 9.17) is 5.26 Å². The second-order valence-corrected chi connectivity index (χ2v) is 5.64. The summed E-state index contributed by atoms with van der Waals surface area (Å²) in [5.41, 5.74) is 4.05. The molecule has 2 heteroatoms. The van der Waals surface area contributed by atoms with Crippen molar-refractivity contribution in [1.82, 2.24) is 5.32 Å². The van der Waals surface area contributed by atoms with E-state index < -0.39 is 0 Å². The molecular weight excluding hydrogens is 256 g/mol. The van der Waals surface area contributed by atoms with Crippen LogP contribution in [0.1, 0.15) is 48.0 Å². The molecule has 1 aliphatic rings. The quantitative estimate of drug-likeness (QED) is 0.903. The number of nitriles is 1. The molecule has 0 spiro atoms. The third-order valence-electron chi connectivity index (χ3n) is 4.27. The zero-order valence-electron chi connectivity index (χ0n) is 12.1. The van der Waals surface area contributed by atoms with E-state index in [-0.39, 0.29) is 6.04 Å². The second-order valence-electron chi connectivity index (χ2n) is 5.64. The summed E-state index contributed by atoms with van der Waals surface area (Å²) in [6.07, 6.45) is 4.03. The molecule has 0 bridgehead atoms. The summed E-state index contributed by atoms with van der Waals surface area (Å²) in [5, 5.41) is 12.8. The van der Waals surface area contributed by atoms with Crippen molar-refractivity contribution in [1.29, 1.82) is 5.26 Å². The number of hydrogen-bond acceptors (Lipinski definition) is 2. The van der Waals surface area contributed by atoms with Gasteiger partial charge in [-0.25, -0.2) is 0 Å². The molecule has 0 fully saturated rings. The summed E-state index contributed by atoms with van der Waals surface area (Å²) in [5.74, 6) is 0. The highest BCUT2D eigenvalue weighted by Crippen LogP contribution is 2.32. The van der Waals surface area contributed by atoms with Gasteiger partial charge >= 0.3 is 0 Å². The molecule has 2 unspecified atom stereocenters. The maximum atomic E-state index is 9.13. The molecule has 106 valence electrons. The van der Waals surface area contributed by atoms with Gasteiger partial charge in [-0.15, -0.1) is 0 Å². The number of hydrogen-bond donors (Lipinski definition) is 1. The van der Waals surface area contributed by atoms with E-state index in [2.05, 4.69) is 47.8 Å². The zero-order chi connectivity index (χ0) is 14.5. The third kappa shape index (κ3) is 3.15. The topological polar surface area (TPSA) is 35.8 Å². The van der Waals surface area contributed by atoms with E-state index in [1.165, 1.54) is 29.5 Å². The molecule has 0 radical (unpaired) electrons. The van der Waals surface area contributed by atoms with Gasteiger partial charge in [0.25, 0.3) is 0 Å². The molecule has 2 atom stereocenters. The molecule has 2 nitrogen and oxygen atoms in total. The number of aryl methyl sites for hydroxylation is 1. The molecule has 0 saturated heterocycles. The first kappa shape index (κ1) is 13.9. The van der Waals surface area contributed by atoms with Gasteiger partial charge in [-0.05, 0) is 36.0 Å². The normalized spacial score (nSPS) is 18.5. The summed E-state index contributed by atoms with van der Waals surface area (Å²) >= 11 is 0. The first-order valence-corrected chi connectivity index (χ1v) is 7.64. The highest BCUT2D eigenvalue weighted by atomic mass is 15.0. The average Bonchev–Trinajstić information content (AvgIpc) is 2.55. The smallest absolute Gasteiger partial charge is 0.0641 e. The Morgan fingerprint density at radius 1 is 1.10 bits per heavy atom. The van der Waals surface area contributed by atoms with Gasteiger partial charge in [0, 0.05) is 12.1 Å². The van der Waals surface area contributed by atoms with E-state index in [1.807, 2.05) is 18.2 Å². The molecule has 3 rings (SSSR count). The van der Waals surface area contributed by atoms with Crippen molar-refractivity contribution >= 4 is 0 Å². The van der Waals surface area contributed by atoms with Crippen LogP contribution in [-0.2, 0) is 6.42 Å². The van der Waals surface area contributed by atoms with Crippen LogP contribution in [0.5, 0.6) is 0 Å². The highest BCUT2D eigenvalue weighted by molar-refractivity contribution is 5.33. The Hall–Kier alpha value is -2.11. The van der Waals surface area contributed by atoms with Crippen LogP contribution in [0.2, 0.25) is 0 Å². The predicted molar refractivity (Wildman–Crippen MR) is 84.7 cm³/mol. The molecule has 0 saturated carbocycles. The monoisotopic (exact) mass is 276 g/mol. The Bertz CT molecular complexity index is 628. The fourth-order valence-electron chi connectivity index (χ4n) is 3.22. The minimum Gasteiger partial charge on any atom is -0.302 e. The Labute approximate surface area is 126 Å². The van der Waals surface area contributed by atoms with Gasteiger partial charge in [-0.2, -0.15) is 5.26 Å². The van der Waals surface area contributed by atoms with E-state index in [1.54, 1.807) is 0 Å². The molecular formula is C19H20N2. The molecule has 0 aliphatic heterocycles. The second kappa shape index (κ2) is 6.56. The molecule has 0 aromatic heterocycles. The summed E-state index contributed by atoms with van der Waals surface area (Å²) in [6, 6.07) is 21.7. The molecule has 21 heavy (non-hydrogen) atoms. The fraction of sp³-hybridized carbons (Fsp3) is 0.316. The van der Waals surface area contributed by atoms with Crippen LogP contribution in [-0.4, -0.2) is 0 Å². The van der Waals surface area contributed by atoms with Crippen molar-refractivity contribution in [2.45, 2.75) is 37.8 Å². The standard InChI is InChI=1S/C19H20N2/c20-14-13-18(16-8-2-1-3-9-16)21-19-12-6-10-15-7-4-5-11-17(15)19/h1-5,7-9,11,18-19,21H,6,10,12-13H2. The summed E-state index contributed by atoms with van der Waals surface area (Å²) in [4.78, 5) is 0. The Kier molecular flexibility index (Phi) is 4.33. The van der Waals surface area contributed by atoms with E-state index in [0.29, 0.717) is 12.5 Å². The van der Waals surface area contributed by atoms with Crippen molar-refractivity contribution in [2.24, 2.45) is 0 Å². The predicted octanol–water partition coefficient (Wildman–Crippen LogP) is 4.31. The first-order valence-electron chi connectivity index (χ1n) is 7.64. The van der Waals surface area contributed by atoms with Crippen LogP contribution < -0.4 is 5.32 Å². The van der Waals surface area contributed by atoms with E-state index in [9.17, 15) is 0 Å². The molecule has 1 aliphatic carbocycles. The van der Waals surface area contributed by atoms with Gasteiger partial charge in [-0.3, -0.25) is 0 Å². The first-order chi connectivity index (χ1) is 10.4. The van der Waals surface area contributed by atoms with Crippen LogP contribution in [0, 0.1) is 11.3 Å². The summed E-state index contributed by atoms with van der Waals surface area (Å²) in [7, 11) is 0. The van der Waals surface area contributed by atoms with Crippen molar-refractivity contribution in [3.8, 4) is 6.07 Å². The lowest BCUT2D eigenvalue weighted by Gasteiger charge is -2.30. The van der Waals surface area contributed by atoms with E-state index >= 15 is 0 Å². The Balaban J connectivity index is 1.83. The van der Waals surface area contributed by atoms with Crippen molar-refractivity contribution in [2.75, 3.05) is 0 Å². The summed E-state index contributed by atoms with van der Waals surface area (Å²) in [6.45, 7) is 0. The van der Waals surface area contributed by atoms with Crippen LogP contribution in [0.3, 0.4) is 0 Å². The molecule has 1 N–H and O–H groups in total. The SMILES string of the molecule is N#CCC(NC1CCCc2ccccc21)c1ccccc1. The van der Waals surface area contributed by atoms with Crippen LogP contribution in [0.25, 0.3) is 0 Å². The lowest BCUT2D eigenvalue weighted by Crippen LogP contribution is -2.29. The van der Waals surface area contributed by atoms with Gasteiger partial charge in [0.1, 0.15) is 0 Å². The minimum atomic E-state index is 0.104. The van der Waals surface area contributed by atoms with E-state index in [0.717, 1.165) is 6.42 Å². The van der Waals surface area contributed by atoms with Crippen LogP contribution in [0.4, 0.5) is 0 Å². The number of nitrogens with one attached hydrogen (secondary N) is 1. The number of nitrogens with zero attached hydrogens (tertiary/aromatic N) is 1. The fourth-order valence-corrected chi connectivity index (χ4v) is 3.22. The molecule has 2 aromatic carbocycles. The zero-order valence-corrected chi connectivity index (χ0v) is 12.1. The number of benzene rings is 2. The third-order valence-corrected chi connectivity index (χ3v) is 4.27.